The molecule has 0 amide bonds. The highest BCUT2D eigenvalue weighted by molar-refractivity contribution is 5.81. The van der Waals surface area contributed by atoms with Gasteiger partial charge in [0.2, 0.25) is 0 Å². The summed E-state index contributed by atoms with van der Waals surface area (Å²) in [6, 6.07) is 4.87. The average molecular weight is 424 g/mol. The van der Waals surface area contributed by atoms with Crippen molar-refractivity contribution < 1.29 is 19.0 Å². The largest absolute Gasteiger partial charge is 0.493 e. The number of carbonyl (C=O) groups is 1. The Hall–Kier alpha value is -1.59. The Morgan fingerprint density at radius 1 is 1.23 bits per heavy atom. The van der Waals surface area contributed by atoms with E-state index in [-0.39, 0.29) is 28.6 Å². The number of Topliss-reactive ketones (excluding diaryl/α,β-unsaturated/α-hetero) is 1. The van der Waals surface area contributed by atoms with Crippen LogP contribution in [0.4, 0.5) is 0 Å². The van der Waals surface area contributed by atoms with Crippen molar-refractivity contribution in [2.75, 3.05) is 27.3 Å². The Balaban J connectivity index is 1.49. The number of hydrogen-bond donors (Lipinski definition) is 0. The molecule has 5 nitrogen and oxygen atoms in total. The standard InChI is InChI=1S/C26H33NO4/c1-15(28)18-13-24-8-9-26(18,30-3)23-25(24)10-11-27(14-16-4-5-16)20(24)12-17-6-7-19(29-2)22(31-23)21(17)25/h6-7,16,18,20,23H,4-5,8-14H2,1-3H3/t18-,20-,23-,24+,25+,26?/m1/s1. The minimum atomic E-state index is -0.532. The maximum atomic E-state index is 13.0. The molecule has 4 saturated carbocycles. The fraction of sp³-hybridized carbons (Fsp3) is 0.731. The molecule has 0 radical (unpaired) electrons. The lowest BCUT2D eigenvalue weighted by atomic mass is 9.34. The van der Waals surface area contributed by atoms with Crippen LogP contribution in [0.15, 0.2) is 12.1 Å². The molecular weight excluding hydrogens is 390 g/mol. The van der Waals surface area contributed by atoms with Crippen molar-refractivity contribution in [3.8, 4) is 11.5 Å². The highest BCUT2D eigenvalue weighted by Crippen LogP contribution is 2.76. The maximum absolute atomic E-state index is 13.0. The lowest BCUT2D eigenvalue weighted by Crippen LogP contribution is -2.81. The van der Waals surface area contributed by atoms with Crippen molar-refractivity contribution in [1.29, 1.82) is 0 Å². The van der Waals surface area contributed by atoms with Gasteiger partial charge in [-0.1, -0.05) is 6.07 Å². The van der Waals surface area contributed by atoms with Gasteiger partial charge in [0.1, 0.15) is 17.5 Å². The Morgan fingerprint density at radius 3 is 2.77 bits per heavy atom. The van der Waals surface area contributed by atoms with Crippen LogP contribution in [0.2, 0.25) is 0 Å². The second kappa shape index (κ2) is 5.85. The summed E-state index contributed by atoms with van der Waals surface area (Å²) in [5, 5.41) is 0. The number of hydrogen-bond acceptors (Lipinski definition) is 5. The van der Waals surface area contributed by atoms with Crippen molar-refractivity contribution in [3.05, 3.63) is 23.3 Å². The second-order valence-electron chi connectivity index (χ2n) is 11.2. The van der Waals surface area contributed by atoms with E-state index < -0.39 is 5.60 Å². The third-order valence-electron chi connectivity index (χ3n) is 10.4. The summed E-state index contributed by atoms with van der Waals surface area (Å²) < 4.78 is 19.0. The molecule has 1 aromatic carbocycles. The van der Waals surface area contributed by atoms with Gasteiger partial charge >= 0.3 is 0 Å². The molecule has 166 valence electrons. The highest BCUT2D eigenvalue weighted by atomic mass is 16.6. The molecule has 8 rings (SSSR count). The molecule has 0 aromatic heterocycles. The molecule has 4 bridgehead atoms. The number of ether oxygens (including phenoxy) is 3. The lowest BCUT2D eigenvalue weighted by molar-refractivity contribution is -0.271. The van der Waals surface area contributed by atoms with Crippen molar-refractivity contribution in [3.63, 3.8) is 0 Å². The number of methoxy groups -OCH3 is 2. The third-order valence-corrected chi connectivity index (χ3v) is 10.4. The van der Waals surface area contributed by atoms with Gasteiger partial charge in [0, 0.05) is 36.1 Å². The van der Waals surface area contributed by atoms with Crippen LogP contribution in [0.3, 0.4) is 0 Å². The first-order valence-electron chi connectivity index (χ1n) is 12.2. The first-order valence-corrected chi connectivity index (χ1v) is 12.2. The zero-order valence-electron chi connectivity index (χ0n) is 18.9. The smallest absolute Gasteiger partial charge is 0.165 e. The maximum Gasteiger partial charge on any atom is 0.165 e. The molecule has 2 aliphatic heterocycles. The quantitative estimate of drug-likeness (QED) is 0.725. The van der Waals surface area contributed by atoms with Gasteiger partial charge in [0.15, 0.2) is 11.5 Å². The van der Waals surface area contributed by atoms with E-state index in [0.29, 0.717) is 6.04 Å². The predicted molar refractivity (Wildman–Crippen MR) is 116 cm³/mol. The summed E-state index contributed by atoms with van der Waals surface area (Å²) in [6.45, 7) is 4.13. The molecule has 5 heteroatoms. The van der Waals surface area contributed by atoms with Gasteiger partial charge in [-0.3, -0.25) is 9.69 Å². The normalized spacial score (nSPS) is 44.0. The molecule has 31 heavy (non-hydrogen) atoms. The number of likely N-dealkylation sites (tertiary alicyclic amines) is 1. The molecule has 0 N–H and O–H groups in total. The number of benzene rings is 1. The fourth-order valence-corrected chi connectivity index (χ4v) is 9.02. The van der Waals surface area contributed by atoms with Crippen LogP contribution in [-0.4, -0.2) is 55.7 Å². The monoisotopic (exact) mass is 423 g/mol. The van der Waals surface area contributed by atoms with Gasteiger partial charge in [0.05, 0.1) is 13.0 Å². The van der Waals surface area contributed by atoms with Gasteiger partial charge in [-0.2, -0.15) is 0 Å². The van der Waals surface area contributed by atoms with Crippen molar-refractivity contribution in [2.24, 2.45) is 17.3 Å². The van der Waals surface area contributed by atoms with Crippen LogP contribution in [-0.2, 0) is 21.4 Å². The third kappa shape index (κ3) is 1.97. The number of rotatable bonds is 5. The van der Waals surface area contributed by atoms with Gasteiger partial charge in [-0.05, 0) is 76.0 Å². The van der Waals surface area contributed by atoms with E-state index in [4.69, 9.17) is 14.2 Å². The number of piperidine rings is 1. The van der Waals surface area contributed by atoms with Crippen LogP contribution < -0.4 is 9.47 Å². The fourth-order valence-electron chi connectivity index (χ4n) is 9.02. The van der Waals surface area contributed by atoms with E-state index >= 15 is 0 Å². The first-order chi connectivity index (χ1) is 15.0. The summed E-state index contributed by atoms with van der Waals surface area (Å²) in [6.07, 6.45) is 7.83. The minimum absolute atomic E-state index is 0.0601. The zero-order chi connectivity index (χ0) is 21.2. The first kappa shape index (κ1) is 18.9. The molecule has 1 unspecified atom stereocenters. The van der Waals surface area contributed by atoms with Crippen LogP contribution in [0, 0.1) is 17.3 Å². The Bertz CT molecular complexity index is 988. The molecular formula is C26H33NO4. The van der Waals surface area contributed by atoms with Crippen molar-refractivity contribution in [2.45, 2.75) is 75.0 Å². The Kier molecular flexibility index (Phi) is 3.57. The van der Waals surface area contributed by atoms with Crippen molar-refractivity contribution in [1.82, 2.24) is 4.90 Å². The van der Waals surface area contributed by atoms with Crippen molar-refractivity contribution >= 4 is 5.78 Å². The second-order valence-corrected chi connectivity index (χ2v) is 11.2. The van der Waals surface area contributed by atoms with Gasteiger partial charge in [-0.25, -0.2) is 0 Å². The number of fused-ring (bicyclic) bond motifs is 2. The Labute approximate surface area is 184 Å². The number of nitrogens with zero attached hydrogens (tertiary/aromatic N) is 1. The minimum Gasteiger partial charge on any atom is -0.493 e. The highest BCUT2D eigenvalue weighted by Gasteiger charge is 2.81. The molecule has 5 aliphatic carbocycles. The van der Waals surface area contributed by atoms with E-state index in [2.05, 4.69) is 17.0 Å². The van der Waals surface area contributed by atoms with Crippen LogP contribution >= 0.6 is 0 Å². The molecule has 1 aromatic rings. The summed E-state index contributed by atoms with van der Waals surface area (Å²) >= 11 is 0. The summed E-state index contributed by atoms with van der Waals surface area (Å²) in [4.78, 5) is 15.8. The van der Waals surface area contributed by atoms with Gasteiger partial charge in [0.25, 0.3) is 0 Å². The SMILES string of the molecule is COc1ccc2c3c1O[C@H]1C4(OC)CC[C@]5(C[C@@H]4C(C)=O)[C@@H](C2)N(CC2CC2)CC[C@]315. The topological polar surface area (TPSA) is 48.0 Å². The summed E-state index contributed by atoms with van der Waals surface area (Å²) in [5.41, 5.74) is 2.34. The number of carbonyl (C=O) groups excluding carboxylic acids is 1. The van der Waals surface area contributed by atoms with E-state index in [1.54, 1.807) is 21.1 Å². The molecule has 7 aliphatic rings. The summed E-state index contributed by atoms with van der Waals surface area (Å²) in [5.74, 6) is 2.83. The molecule has 6 atom stereocenters. The van der Waals surface area contributed by atoms with Crippen LogP contribution in [0.5, 0.6) is 11.5 Å². The molecule has 1 saturated heterocycles. The van der Waals surface area contributed by atoms with E-state index in [1.807, 2.05) is 0 Å². The van der Waals surface area contributed by atoms with Crippen LogP contribution in [0.1, 0.15) is 56.6 Å². The molecule has 5 fully saturated rings. The Morgan fingerprint density at radius 2 is 2.06 bits per heavy atom. The van der Waals surface area contributed by atoms with E-state index in [9.17, 15) is 4.79 Å². The molecule has 2 heterocycles. The average Bonchev–Trinajstić information content (AvgIpc) is 3.52. The summed E-state index contributed by atoms with van der Waals surface area (Å²) in [7, 11) is 3.54. The van der Waals surface area contributed by atoms with Gasteiger partial charge in [-0.15, -0.1) is 0 Å². The predicted octanol–water partition coefficient (Wildman–Crippen LogP) is 3.51. The van der Waals surface area contributed by atoms with Crippen LogP contribution in [0.25, 0.3) is 0 Å². The lowest BCUT2D eigenvalue weighted by Gasteiger charge is -2.73. The van der Waals surface area contributed by atoms with Gasteiger partial charge < -0.3 is 14.2 Å². The van der Waals surface area contributed by atoms with E-state index in [1.165, 1.54) is 30.5 Å². The number of ketones is 1. The van der Waals surface area contributed by atoms with E-state index in [0.717, 1.165) is 56.1 Å². The zero-order valence-corrected chi connectivity index (χ0v) is 18.9. The molecule has 2 spiro atoms.